The summed E-state index contributed by atoms with van der Waals surface area (Å²) in [5.74, 6) is 0.163. The highest BCUT2D eigenvalue weighted by atomic mass is 16.1. The van der Waals surface area contributed by atoms with E-state index in [0.29, 0.717) is 6.54 Å². The maximum absolute atomic E-state index is 13.6. The van der Waals surface area contributed by atoms with Crippen molar-refractivity contribution in [2.75, 3.05) is 6.54 Å². The van der Waals surface area contributed by atoms with Gasteiger partial charge >= 0.3 is 0 Å². The monoisotopic (exact) mass is 340 g/mol. The lowest BCUT2D eigenvalue weighted by atomic mass is 9.74. The minimum absolute atomic E-state index is 0.0192. The summed E-state index contributed by atoms with van der Waals surface area (Å²) in [7, 11) is 0. The molecule has 3 nitrogen and oxygen atoms in total. The summed E-state index contributed by atoms with van der Waals surface area (Å²) in [5.41, 5.74) is 2.40. The Hall–Kier alpha value is -2.81. The van der Waals surface area contributed by atoms with Crippen molar-refractivity contribution < 1.29 is 4.79 Å². The molecule has 1 heterocycles. The van der Waals surface area contributed by atoms with Gasteiger partial charge in [-0.3, -0.25) is 4.79 Å². The maximum Gasteiger partial charge on any atom is 0.193 e. The number of carbonyl (C=O) groups excluding carboxylic acids is 1. The van der Waals surface area contributed by atoms with Gasteiger partial charge in [-0.2, -0.15) is 10.2 Å². The Kier molecular flexibility index (Phi) is 3.49. The predicted molar refractivity (Wildman–Crippen MR) is 103 cm³/mol. The fraction of sp³-hybridized carbons (Fsp3) is 0.261. The van der Waals surface area contributed by atoms with Crippen molar-refractivity contribution in [3.05, 3.63) is 83.4 Å². The van der Waals surface area contributed by atoms with E-state index in [1.165, 1.54) is 16.3 Å². The van der Waals surface area contributed by atoms with E-state index < -0.39 is 5.54 Å². The molecule has 1 aliphatic carbocycles. The van der Waals surface area contributed by atoms with Gasteiger partial charge in [0.1, 0.15) is 0 Å². The summed E-state index contributed by atoms with van der Waals surface area (Å²) in [4.78, 5) is 13.6. The van der Waals surface area contributed by atoms with Crippen molar-refractivity contribution >= 4 is 16.6 Å². The average molecular weight is 340 g/mol. The van der Waals surface area contributed by atoms with E-state index in [4.69, 9.17) is 0 Å². The fourth-order valence-electron chi connectivity index (χ4n) is 4.56. The first-order chi connectivity index (χ1) is 12.8. The van der Waals surface area contributed by atoms with Crippen LogP contribution in [0.1, 0.15) is 40.2 Å². The number of fused-ring (bicyclic) bond motifs is 2. The van der Waals surface area contributed by atoms with Crippen LogP contribution in [0.4, 0.5) is 0 Å². The molecule has 5 rings (SSSR count). The van der Waals surface area contributed by atoms with Gasteiger partial charge in [0, 0.05) is 11.5 Å². The summed E-state index contributed by atoms with van der Waals surface area (Å²) in [6.45, 7) is 0.590. The van der Waals surface area contributed by atoms with Crippen LogP contribution in [0.2, 0.25) is 0 Å². The van der Waals surface area contributed by atoms with E-state index in [-0.39, 0.29) is 11.7 Å². The summed E-state index contributed by atoms with van der Waals surface area (Å²) < 4.78 is 0. The van der Waals surface area contributed by atoms with Gasteiger partial charge in [0.25, 0.3) is 0 Å². The van der Waals surface area contributed by atoms with Crippen LogP contribution in [0.3, 0.4) is 0 Å². The fourth-order valence-corrected chi connectivity index (χ4v) is 4.56. The van der Waals surface area contributed by atoms with Crippen molar-refractivity contribution in [2.45, 2.75) is 30.7 Å². The normalized spacial score (nSPS) is 24.8. The standard InChI is InChI=1S/C23H20N2O/c26-22-20-10-4-3-7-17(20)9-5-13-23(22)21(15-24-25-23)19-12-11-16-6-1-2-8-18(16)14-19/h1-4,6-8,10-12,14,21H,5,9,13,15H2/t21-,23?/m0/s1. The third-order valence-electron chi connectivity index (χ3n) is 5.92. The number of ketones is 1. The number of nitrogens with zero attached hydrogens (tertiary/aromatic N) is 2. The maximum atomic E-state index is 13.6. The molecule has 1 unspecified atom stereocenters. The summed E-state index contributed by atoms with van der Waals surface area (Å²) in [6.07, 6.45) is 2.66. The van der Waals surface area contributed by atoms with Gasteiger partial charge in [0.2, 0.25) is 0 Å². The van der Waals surface area contributed by atoms with Gasteiger partial charge in [-0.15, -0.1) is 0 Å². The van der Waals surface area contributed by atoms with E-state index in [2.05, 4.69) is 58.8 Å². The van der Waals surface area contributed by atoms with E-state index in [9.17, 15) is 4.79 Å². The van der Waals surface area contributed by atoms with Crippen LogP contribution < -0.4 is 0 Å². The second-order valence-electron chi connectivity index (χ2n) is 7.35. The highest BCUT2D eigenvalue weighted by molar-refractivity contribution is 6.06. The molecule has 0 fully saturated rings. The smallest absolute Gasteiger partial charge is 0.193 e. The third kappa shape index (κ3) is 2.23. The summed E-state index contributed by atoms with van der Waals surface area (Å²) >= 11 is 0. The molecule has 0 aromatic heterocycles. The van der Waals surface area contributed by atoms with Crippen molar-refractivity contribution in [3.8, 4) is 0 Å². The molecule has 0 bridgehead atoms. The lowest BCUT2D eigenvalue weighted by Gasteiger charge is -2.29. The topological polar surface area (TPSA) is 41.8 Å². The van der Waals surface area contributed by atoms with Crippen molar-refractivity contribution in [3.63, 3.8) is 0 Å². The quantitative estimate of drug-likeness (QED) is 0.589. The highest BCUT2D eigenvalue weighted by Crippen LogP contribution is 2.45. The van der Waals surface area contributed by atoms with Gasteiger partial charge < -0.3 is 0 Å². The summed E-state index contributed by atoms with van der Waals surface area (Å²) in [6, 6.07) is 22.8. The molecule has 26 heavy (non-hydrogen) atoms. The van der Waals surface area contributed by atoms with Gasteiger partial charge in [-0.05, 0) is 41.2 Å². The predicted octanol–water partition coefficient (Wildman–Crippen LogP) is 5.35. The number of benzene rings is 3. The molecule has 128 valence electrons. The number of hydrogen-bond donors (Lipinski definition) is 0. The molecule has 0 N–H and O–H groups in total. The largest absolute Gasteiger partial charge is 0.291 e. The van der Waals surface area contributed by atoms with Crippen molar-refractivity contribution in [1.82, 2.24) is 0 Å². The second kappa shape index (κ2) is 5.87. The van der Waals surface area contributed by atoms with Crippen LogP contribution in [-0.2, 0) is 6.42 Å². The SMILES string of the molecule is O=C1c2ccccc2CCCC12N=NC[C@H]2c1ccc2ccccc2c1. The minimum Gasteiger partial charge on any atom is -0.291 e. The zero-order chi connectivity index (χ0) is 17.6. The molecule has 0 saturated carbocycles. The lowest BCUT2D eigenvalue weighted by molar-refractivity contribution is 0.0870. The van der Waals surface area contributed by atoms with Crippen LogP contribution in [-0.4, -0.2) is 17.9 Å². The second-order valence-corrected chi connectivity index (χ2v) is 7.35. The van der Waals surface area contributed by atoms with E-state index in [0.717, 1.165) is 30.4 Å². The van der Waals surface area contributed by atoms with Gasteiger partial charge in [-0.25, -0.2) is 0 Å². The third-order valence-corrected chi connectivity index (χ3v) is 5.92. The Morgan fingerprint density at radius 2 is 1.73 bits per heavy atom. The van der Waals surface area contributed by atoms with Crippen LogP contribution in [0.25, 0.3) is 10.8 Å². The Morgan fingerprint density at radius 3 is 2.65 bits per heavy atom. The molecule has 3 aromatic carbocycles. The Balaban J connectivity index is 1.63. The van der Waals surface area contributed by atoms with Gasteiger partial charge in [0.05, 0.1) is 6.54 Å². The molecule has 3 aromatic rings. The molecule has 2 aliphatic rings. The number of aryl methyl sites for hydroxylation is 1. The first-order valence-electron chi connectivity index (χ1n) is 9.28. The average Bonchev–Trinajstić information content (AvgIpc) is 3.06. The Labute approximate surface area is 152 Å². The van der Waals surface area contributed by atoms with Gasteiger partial charge in [0.15, 0.2) is 11.3 Å². The van der Waals surface area contributed by atoms with Crippen LogP contribution in [0.15, 0.2) is 77.0 Å². The molecular weight excluding hydrogens is 320 g/mol. The number of hydrogen-bond acceptors (Lipinski definition) is 3. The first-order valence-corrected chi connectivity index (χ1v) is 9.28. The molecule has 3 heteroatoms. The minimum atomic E-state index is -0.741. The molecule has 1 spiro atoms. The van der Waals surface area contributed by atoms with Gasteiger partial charge in [-0.1, -0.05) is 66.7 Å². The molecule has 1 aliphatic heterocycles. The number of carbonyl (C=O) groups is 1. The van der Waals surface area contributed by atoms with Crippen LogP contribution in [0.5, 0.6) is 0 Å². The van der Waals surface area contributed by atoms with E-state index in [1.54, 1.807) is 0 Å². The van der Waals surface area contributed by atoms with Crippen molar-refractivity contribution in [1.29, 1.82) is 0 Å². The number of Topliss-reactive ketones (excluding diaryl/α,β-unsaturated/α-hetero) is 1. The van der Waals surface area contributed by atoms with Crippen LogP contribution >= 0.6 is 0 Å². The molecule has 0 amide bonds. The lowest BCUT2D eigenvalue weighted by Crippen LogP contribution is -2.40. The summed E-state index contributed by atoms with van der Waals surface area (Å²) in [5, 5.41) is 11.4. The van der Waals surface area contributed by atoms with Crippen LogP contribution in [0, 0.1) is 0 Å². The Bertz CT molecular complexity index is 1040. The van der Waals surface area contributed by atoms with E-state index in [1.807, 2.05) is 18.2 Å². The molecule has 2 atom stereocenters. The van der Waals surface area contributed by atoms with E-state index >= 15 is 0 Å². The number of azo groups is 1. The highest BCUT2D eigenvalue weighted by Gasteiger charge is 2.50. The first kappa shape index (κ1) is 15.4. The molecule has 0 radical (unpaired) electrons. The zero-order valence-corrected chi connectivity index (χ0v) is 14.6. The Morgan fingerprint density at radius 1 is 0.923 bits per heavy atom. The molecular formula is C23H20N2O. The number of rotatable bonds is 1. The van der Waals surface area contributed by atoms with Crippen molar-refractivity contribution in [2.24, 2.45) is 10.2 Å². The zero-order valence-electron chi connectivity index (χ0n) is 14.6. The molecule has 0 saturated heterocycles.